The highest BCUT2D eigenvalue weighted by Gasteiger charge is 2.23. The molecule has 0 saturated carbocycles. The Morgan fingerprint density at radius 1 is 1.37 bits per heavy atom. The van der Waals surface area contributed by atoms with Crippen molar-refractivity contribution in [3.63, 3.8) is 0 Å². The second kappa shape index (κ2) is 4.38. The number of anilines is 1. The first-order valence-corrected chi connectivity index (χ1v) is 5.93. The van der Waals surface area contributed by atoms with Crippen LogP contribution in [0.4, 0.5) is 10.1 Å². The molecule has 0 radical (unpaired) electrons. The van der Waals surface area contributed by atoms with E-state index in [1.807, 2.05) is 15.7 Å². The quantitative estimate of drug-likeness (QED) is 0.894. The fourth-order valence-electron chi connectivity index (χ4n) is 2.37. The molecule has 1 aliphatic heterocycles. The summed E-state index contributed by atoms with van der Waals surface area (Å²) in [5.74, 6) is -1.10. The average molecular weight is 261 g/mol. The highest BCUT2D eigenvalue weighted by Crippen LogP contribution is 2.26. The number of rotatable bonds is 2. The van der Waals surface area contributed by atoms with Gasteiger partial charge in [0.05, 0.1) is 12.2 Å². The number of fused-ring (bicyclic) bond motifs is 1. The van der Waals surface area contributed by atoms with Crippen molar-refractivity contribution >= 4 is 11.7 Å². The minimum Gasteiger partial charge on any atom is -0.478 e. The molecule has 1 aromatic carbocycles. The van der Waals surface area contributed by atoms with E-state index in [4.69, 9.17) is 5.11 Å². The van der Waals surface area contributed by atoms with Gasteiger partial charge in [-0.3, -0.25) is 0 Å². The zero-order valence-corrected chi connectivity index (χ0v) is 10.1. The summed E-state index contributed by atoms with van der Waals surface area (Å²) >= 11 is 0. The first-order valence-electron chi connectivity index (χ1n) is 5.93. The van der Waals surface area contributed by atoms with Gasteiger partial charge in [0.2, 0.25) is 0 Å². The third-order valence-corrected chi connectivity index (χ3v) is 3.29. The van der Waals surface area contributed by atoms with Crippen LogP contribution in [0.2, 0.25) is 0 Å². The normalized spacial score (nSPS) is 14.3. The molecule has 3 rings (SSSR count). The van der Waals surface area contributed by atoms with Gasteiger partial charge in [0.15, 0.2) is 0 Å². The number of carboxylic acids is 1. The van der Waals surface area contributed by atoms with E-state index in [1.54, 1.807) is 12.3 Å². The van der Waals surface area contributed by atoms with Gasteiger partial charge in [-0.25, -0.2) is 14.2 Å². The number of hydrogen-bond donors (Lipinski definition) is 1. The van der Waals surface area contributed by atoms with Crippen LogP contribution in [0.15, 0.2) is 30.6 Å². The average Bonchev–Trinajstić information content (AvgIpc) is 2.85. The van der Waals surface area contributed by atoms with Crippen molar-refractivity contribution in [2.24, 2.45) is 0 Å². The SMILES string of the molecule is O=C(O)c1c(F)cccc1N1CCn2ccnc2C1. The van der Waals surface area contributed by atoms with Gasteiger partial charge in [0.25, 0.3) is 0 Å². The molecule has 0 atom stereocenters. The van der Waals surface area contributed by atoms with Crippen molar-refractivity contribution in [1.29, 1.82) is 0 Å². The summed E-state index contributed by atoms with van der Waals surface area (Å²) in [5, 5.41) is 9.14. The van der Waals surface area contributed by atoms with E-state index in [-0.39, 0.29) is 5.56 Å². The van der Waals surface area contributed by atoms with Crippen molar-refractivity contribution in [3.8, 4) is 0 Å². The van der Waals surface area contributed by atoms with Gasteiger partial charge in [-0.1, -0.05) is 6.07 Å². The molecule has 0 spiro atoms. The van der Waals surface area contributed by atoms with Crippen LogP contribution >= 0.6 is 0 Å². The maximum Gasteiger partial charge on any atom is 0.340 e. The molecule has 0 saturated heterocycles. The zero-order chi connectivity index (χ0) is 13.4. The molecule has 5 nitrogen and oxygen atoms in total. The van der Waals surface area contributed by atoms with E-state index in [9.17, 15) is 9.18 Å². The van der Waals surface area contributed by atoms with Gasteiger partial charge in [-0.05, 0) is 12.1 Å². The van der Waals surface area contributed by atoms with Crippen LogP contribution in [-0.2, 0) is 13.1 Å². The second-order valence-corrected chi connectivity index (χ2v) is 4.40. The number of benzene rings is 1. The molecule has 0 bridgehead atoms. The van der Waals surface area contributed by atoms with Gasteiger partial charge >= 0.3 is 5.97 Å². The van der Waals surface area contributed by atoms with Crippen molar-refractivity contribution in [2.45, 2.75) is 13.1 Å². The molecule has 6 heteroatoms. The Bertz CT molecular complexity index is 639. The Morgan fingerprint density at radius 2 is 2.21 bits per heavy atom. The summed E-state index contributed by atoms with van der Waals surface area (Å²) in [7, 11) is 0. The monoisotopic (exact) mass is 261 g/mol. The van der Waals surface area contributed by atoms with Crippen molar-refractivity contribution < 1.29 is 14.3 Å². The number of nitrogens with zero attached hydrogens (tertiary/aromatic N) is 3. The molecule has 1 aliphatic rings. The largest absolute Gasteiger partial charge is 0.478 e. The standard InChI is InChI=1S/C13H12FN3O2/c14-9-2-1-3-10(12(9)13(18)19)17-7-6-16-5-4-15-11(16)8-17/h1-5H,6-8H2,(H,18,19). The Kier molecular flexibility index (Phi) is 2.70. The zero-order valence-electron chi connectivity index (χ0n) is 10.1. The molecule has 0 aliphatic carbocycles. The molecule has 98 valence electrons. The van der Waals surface area contributed by atoms with Crippen LogP contribution in [0, 0.1) is 5.82 Å². The minimum atomic E-state index is -1.25. The Labute approximate surface area is 108 Å². The first-order chi connectivity index (χ1) is 9.16. The number of hydrogen-bond acceptors (Lipinski definition) is 3. The Hall–Kier alpha value is -2.37. The molecule has 0 fully saturated rings. The number of halogens is 1. The highest BCUT2D eigenvalue weighted by molar-refractivity contribution is 5.94. The van der Waals surface area contributed by atoms with Gasteiger partial charge in [-0.15, -0.1) is 0 Å². The third kappa shape index (κ3) is 1.95. The molecule has 1 N–H and O–H groups in total. The third-order valence-electron chi connectivity index (χ3n) is 3.29. The van der Waals surface area contributed by atoms with Gasteiger partial charge < -0.3 is 14.6 Å². The predicted octanol–water partition coefficient (Wildman–Crippen LogP) is 1.74. The van der Waals surface area contributed by atoms with Gasteiger partial charge in [0, 0.05) is 25.5 Å². The molecular weight excluding hydrogens is 249 g/mol. The fourth-order valence-corrected chi connectivity index (χ4v) is 2.37. The summed E-state index contributed by atoms with van der Waals surface area (Å²) in [6.07, 6.45) is 3.60. The molecular formula is C13H12FN3O2. The number of carbonyl (C=O) groups is 1. The summed E-state index contributed by atoms with van der Waals surface area (Å²) < 4.78 is 15.7. The van der Waals surface area contributed by atoms with Crippen LogP contribution in [0.3, 0.4) is 0 Å². The fraction of sp³-hybridized carbons (Fsp3) is 0.231. The lowest BCUT2D eigenvalue weighted by Crippen LogP contribution is -2.34. The lowest BCUT2D eigenvalue weighted by atomic mass is 10.1. The van der Waals surface area contributed by atoms with E-state index < -0.39 is 11.8 Å². The van der Waals surface area contributed by atoms with Crippen LogP contribution in [0.25, 0.3) is 0 Å². The predicted molar refractivity (Wildman–Crippen MR) is 66.6 cm³/mol. The van der Waals surface area contributed by atoms with Crippen molar-refractivity contribution in [2.75, 3.05) is 11.4 Å². The lowest BCUT2D eigenvalue weighted by molar-refractivity contribution is 0.0692. The summed E-state index contributed by atoms with van der Waals surface area (Å²) in [4.78, 5) is 17.2. The van der Waals surface area contributed by atoms with Gasteiger partial charge in [-0.2, -0.15) is 0 Å². The van der Waals surface area contributed by atoms with Gasteiger partial charge in [0.1, 0.15) is 17.2 Å². The Balaban J connectivity index is 2.00. The number of aromatic nitrogens is 2. The molecule has 0 amide bonds. The van der Waals surface area contributed by atoms with E-state index in [0.29, 0.717) is 25.3 Å². The van der Waals surface area contributed by atoms with E-state index in [2.05, 4.69) is 4.98 Å². The van der Waals surface area contributed by atoms with E-state index >= 15 is 0 Å². The van der Waals surface area contributed by atoms with Crippen molar-refractivity contribution in [3.05, 3.63) is 47.8 Å². The number of carboxylic acid groups (broad SMARTS) is 1. The highest BCUT2D eigenvalue weighted by atomic mass is 19.1. The maximum absolute atomic E-state index is 13.7. The number of imidazole rings is 1. The minimum absolute atomic E-state index is 0.275. The smallest absolute Gasteiger partial charge is 0.340 e. The molecule has 19 heavy (non-hydrogen) atoms. The van der Waals surface area contributed by atoms with Crippen LogP contribution in [0.5, 0.6) is 0 Å². The molecule has 1 aromatic heterocycles. The molecule has 0 unspecified atom stereocenters. The molecule has 2 aromatic rings. The second-order valence-electron chi connectivity index (χ2n) is 4.40. The Morgan fingerprint density at radius 3 is 3.00 bits per heavy atom. The number of aromatic carboxylic acids is 1. The molecule has 2 heterocycles. The van der Waals surface area contributed by atoms with Crippen molar-refractivity contribution in [1.82, 2.24) is 9.55 Å². The van der Waals surface area contributed by atoms with Crippen LogP contribution in [0.1, 0.15) is 16.2 Å². The topological polar surface area (TPSA) is 58.4 Å². The lowest BCUT2D eigenvalue weighted by Gasteiger charge is -2.30. The summed E-state index contributed by atoms with van der Waals surface area (Å²) in [6.45, 7) is 1.83. The summed E-state index contributed by atoms with van der Waals surface area (Å²) in [6, 6.07) is 4.32. The van der Waals surface area contributed by atoms with E-state index in [0.717, 1.165) is 11.9 Å². The van der Waals surface area contributed by atoms with Crippen LogP contribution < -0.4 is 4.90 Å². The maximum atomic E-state index is 13.7. The first kappa shape index (κ1) is 11.7. The van der Waals surface area contributed by atoms with E-state index in [1.165, 1.54) is 6.07 Å². The summed E-state index contributed by atoms with van der Waals surface area (Å²) in [5.41, 5.74) is 0.129. The van der Waals surface area contributed by atoms with Crippen LogP contribution in [-0.4, -0.2) is 27.2 Å².